The summed E-state index contributed by atoms with van der Waals surface area (Å²) in [5, 5.41) is 9.03. The zero-order valence-electron chi connectivity index (χ0n) is 11.3. The number of aryl methyl sites for hydroxylation is 1. The van der Waals surface area contributed by atoms with Gasteiger partial charge >= 0.3 is 6.18 Å². The van der Waals surface area contributed by atoms with E-state index in [1.807, 2.05) is 13.0 Å². The summed E-state index contributed by atoms with van der Waals surface area (Å²) in [6, 6.07) is 3.82. The first-order valence-corrected chi connectivity index (χ1v) is 6.79. The van der Waals surface area contributed by atoms with E-state index in [1.165, 1.54) is 16.2 Å². The average molecular weight is 312 g/mol. The molecule has 0 saturated heterocycles. The highest BCUT2D eigenvalue weighted by Gasteiger charge is 2.33. The molecule has 0 N–H and O–H groups in total. The maximum atomic E-state index is 12.7. The van der Waals surface area contributed by atoms with Gasteiger partial charge in [-0.05, 0) is 19.1 Å². The van der Waals surface area contributed by atoms with Crippen LogP contribution < -0.4 is 4.90 Å². The van der Waals surface area contributed by atoms with Gasteiger partial charge in [0, 0.05) is 11.9 Å². The molecule has 0 saturated carbocycles. The number of thiazole rings is 1. The summed E-state index contributed by atoms with van der Waals surface area (Å²) >= 11 is 1.41. The second-order valence-electron chi connectivity index (χ2n) is 4.39. The molecular weight excluding hydrogens is 301 g/mol. The summed E-state index contributed by atoms with van der Waals surface area (Å²) in [6.45, 7) is 2.17. The van der Waals surface area contributed by atoms with Crippen LogP contribution in [0.2, 0.25) is 0 Å². The van der Waals surface area contributed by atoms with Gasteiger partial charge in [0.2, 0.25) is 0 Å². The van der Waals surface area contributed by atoms with Crippen molar-refractivity contribution in [3.8, 4) is 6.07 Å². The van der Waals surface area contributed by atoms with Crippen molar-refractivity contribution >= 4 is 17.2 Å². The monoisotopic (exact) mass is 312 g/mol. The molecule has 0 amide bonds. The van der Waals surface area contributed by atoms with Crippen molar-refractivity contribution in [2.24, 2.45) is 0 Å². The van der Waals surface area contributed by atoms with E-state index in [2.05, 4.69) is 9.97 Å². The van der Waals surface area contributed by atoms with E-state index in [1.54, 1.807) is 12.6 Å². The lowest BCUT2D eigenvalue weighted by molar-refractivity contribution is -0.141. The van der Waals surface area contributed by atoms with E-state index < -0.39 is 11.9 Å². The van der Waals surface area contributed by atoms with E-state index in [9.17, 15) is 13.2 Å². The Morgan fingerprint density at radius 3 is 2.62 bits per heavy atom. The molecule has 0 aromatic carbocycles. The summed E-state index contributed by atoms with van der Waals surface area (Å²) < 4.78 is 38.2. The van der Waals surface area contributed by atoms with Crippen LogP contribution in [0.3, 0.4) is 0 Å². The number of aromatic nitrogens is 2. The van der Waals surface area contributed by atoms with Crippen LogP contribution in [0.4, 0.5) is 19.0 Å². The number of pyridine rings is 1. The Kier molecular flexibility index (Phi) is 4.14. The van der Waals surface area contributed by atoms with Gasteiger partial charge in [-0.3, -0.25) is 0 Å². The lowest BCUT2D eigenvalue weighted by Crippen LogP contribution is -2.21. The van der Waals surface area contributed by atoms with Gasteiger partial charge in [-0.15, -0.1) is 11.3 Å². The lowest BCUT2D eigenvalue weighted by atomic mass is 10.2. The van der Waals surface area contributed by atoms with Gasteiger partial charge in [-0.25, -0.2) is 9.97 Å². The summed E-state index contributed by atoms with van der Waals surface area (Å²) in [7, 11) is 1.60. The molecule has 110 valence electrons. The minimum absolute atomic E-state index is 0.0140. The highest BCUT2D eigenvalue weighted by atomic mass is 32.1. The smallest absolute Gasteiger partial charge is 0.353 e. The molecule has 8 heteroatoms. The number of alkyl halides is 3. The first-order valence-electron chi connectivity index (χ1n) is 5.91. The lowest BCUT2D eigenvalue weighted by Gasteiger charge is -2.20. The molecule has 0 aliphatic heterocycles. The third-order valence-corrected chi connectivity index (χ3v) is 3.79. The number of hydrogen-bond donors (Lipinski definition) is 0. The van der Waals surface area contributed by atoms with Crippen LogP contribution in [0.1, 0.15) is 21.8 Å². The Hall–Kier alpha value is -2.14. The Morgan fingerprint density at radius 2 is 2.10 bits per heavy atom. The number of anilines is 1. The van der Waals surface area contributed by atoms with Crippen LogP contribution in [-0.2, 0) is 12.7 Å². The molecule has 0 unspecified atom stereocenters. The molecule has 0 spiro atoms. The summed E-state index contributed by atoms with van der Waals surface area (Å²) in [6.07, 6.45) is -4.54. The van der Waals surface area contributed by atoms with Gasteiger partial charge in [-0.1, -0.05) is 0 Å². The molecule has 2 aromatic rings. The van der Waals surface area contributed by atoms with Crippen molar-refractivity contribution in [2.45, 2.75) is 19.6 Å². The average Bonchev–Trinajstić information content (AvgIpc) is 2.82. The molecule has 0 radical (unpaired) electrons. The summed E-state index contributed by atoms with van der Waals surface area (Å²) in [5.74, 6) is 0.0140. The van der Waals surface area contributed by atoms with Crippen LogP contribution in [0.25, 0.3) is 0 Å². The standard InChI is InChI=1S/C13H11F3N4S/c1-8-10(21-7-18-8)6-20(2)12-9(5-17)3-4-11(19-12)13(14,15)16/h3-4,7H,6H2,1-2H3. The van der Waals surface area contributed by atoms with Crippen molar-refractivity contribution in [3.05, 3.63) is 39.5 Å². The molecule has 2 rings (SSSR count). The molecule has 2 aromatic heterocycles. The molecule has 0 aliphatic carbocycles. The number of hydrogen-bond acceptors (Lipinski definition) is 5. The molecule has 0 bridgehead atoms. The largest absolute Gasteiger partial charge is 0.433 e. The van der Waals surface area contributed by atoms with E-state index in [0.29, 0.717) is 6.54 Å². The Morgan fingerprint density at radius 1 is 1.38 bits per heavy atom. The summed E-state index contributed by atoms with van der Waals surface area (Å²) in [4.78, 5) is 10.1. The normalized spacial score (nSPS) is 11.2. The van der Waals surface area contributed by atoms with Gasteiger partial charge < -0.3 is 4.90 Å². The third-order valence-electron chi connectivity index (χ3n) is 2.87. The van der Waals surface area contributed by atoms with E-state index in [0.717, 1.165) is 22.7 Å². The SMILES string of the molecule is Cc1ncsc1CN(C)c1nc(C(F)(F)F)ccc1C#N. The fourth-order valence-electron chi connectivity index (χ4n) is 1.75. The van der Waals surface area contributed by atoms with Crippen molar-refractivity contribution in [2.75, 3.05) is 11.9 Å². The van der Waals surface area contributed by atoms with E-state index in [-0.39, 0.29) is 11.4 Å². The highest BCUT2D eigenvalue weighted by Crippen LogP contribution is 2.30. The van der Waals surface area contributed by atoms with Gasteiger partial charge in [0.05, 0.1) is 23.3 Å². The quantitative estimate of drug-likeness (QED) is 0.872. The maximum absolute atomic E-state index is 12.7. The highest BCUT2D eigenvalue weighted by molar-refractivity contribution is 7.09. The Balaban J connectivity index is 2.37. The van der Waals surface area contributed by atoms with Crippen LogP contribution >= 0.6 is 11.3 Å². The van der Waals surface area contributed by atoms with Gasteiger partial charge in [0.1, 0.15) is 17.6 Å². The third kappa shape index (κ3) is 3.31. The van der Waals surface area contributed by atoms with Crippen molar-refractivity contribution in [1.82, 2.24) is 9.97 Å². The predicted molar refractivity (Wildman–Crippen MR) is 72.9 cm³/mol. The molecule has 21 heavy (non-hydrogen) atoms. The van der Waals surface area contributed by atoms with Crippen LogP contribution in [0.15, 0.2) is 17.6 Å². The molecule has 2 heterocycles. The minimum Gasteiger partial charge on any atom is -0.353 e. The first-order chi connectivity index (χ1) is 9.82. The molecule has 4 nitrogen and oxygen atoms in total. The van der Waals surface area contributed by atoms with Gasteiger partial charge in [0.15, 0.2) is 0 Å². The van der Waals surface area contributed by atoms with Crippen molar-refractivity contribution in [3.63, 3.8) is 0 Å². The van der Waals surface area contributed by atoms with E-state index >= 15 is 0 Å². The topological polar surface area (TPSA) is 52.8 Å². The zero-order chi connectivity index (χ0) is 15.6. The van der Waals surface area contributed by atoms with Gasteiger partial charge in [-0.2, -0.15) is 18.4 Å². The summed E-state index contributed by atoms with van der Waals surface area (Å²) in [5.41, 5.74) is 1.58. The second-order valence-corrected chi connectivity index (χ2v) is 5.33. The van der Waals surface area contributed by atoms with Crippen LogP contribution in [0, 0.1) is 18.3 Å². The fourth-order valence-corrected chi connectivity index (χ4v) is 2.58. The number of halogens is 3. The van der Waals surface area contributed by atoms with Gasteiger partial charge in [0.25, 0.3) is 0 Å². The van der Waals surface area contributed by atoms with Crippen molar-refractivity contribution in [1.29, 1.82) is 5.26 Å². The van der Waals surface area contributed by atoms with E-state index in [4.69, 9.17) is 5.26 Å². The van der Waals surface area contributed by atoms with Crippen LogP contribution in [0.5, 0.6) is 0 Å². The fraction of sp³-hybridized carbons (Fsp3) is 0.308. The zero-order valence-corrected chi connectivity index (χ0v) is 12.1. The van der Waals surface area contributed by atoms with Crippen molar-refractivity contribution < 1.29 is 13.2 Å². The number of nitrogens with zero attached hydrogens (tertiary/aromatic N) is 4. The molecule has 0 aliphatic rings. The molecule has 0 fully saturated rings. The van der Waals surface area contributed by atoms with Crippen LogP contribution in [-0.4, -0.2) is 17.0 Å². The Bertz CT molecular complexity index is 687. The predicted octanol–water partition coefficient (Wildman–Crippen LogP) is 3.37. The maximum Gasteiger partial charge on any atom is 0.433 e. The Labute approximate surface area is 123 Å². The first kappa shape index (κ1) is 15.3. The molecular formula is C13H11F3N4S. The second kappa shape index (κ2) is 5.69. The number of rotatable bonds is 3. The number of nitriles is 1. The molecule has 0 atom stereocenters. The minimum atomic E-state index is -4.54.